The van der Waals surface area contributed by atoms with Gasteiger partial charge in [0.05, 0.1) is 10.7 Å². The molecule has 0 aliphatic heterocycles. The number of Topliss-reactive ketones (excluding diaryl/α,β-unsaturated/α-hetero) is 1. The minimum atomic E-state index is -0.387. The van der Waals surface area contributed by atoms with Gasteiger partial charge >= 0.3 is 0 Å². The molecule has 0 spiro atoms. The smallest absolute Gasteiger partial charge is 0.171 e. The van der Waals surface area contributed by atoms with Gasteiger partial charge < -0.3 is 4.74 Å². The number of hydrogen-bond acceptors (Lipinski definition) is 4. The topological polar surface area (TPSA) is 57.0 Å². The Hall–Kier alpha value is -2.37. The van der Waals surface area contributed by atoms with Gasteiger partial charge in [-0.3, -0.25) is 4.79 Å². The number of rotatable bonds is 5. The Labute approximate surface area is 191 Å². The van der Waals surface area contributed by atoms with E-state index in [1.165, 1.54) is 19.2 Å². The highest BCUT2D eigenvalue weighted by molar-refractivity contribution is 6.45. The molecule has 0 amide bonds. The van der Waals surface area contributed by atoms with E-state index in [0.29, 0.717) is 40.3 Å². The minimum absolute atomic E-state index is 0.136. The molecule has 0 N–H and O–H groups in total. The summed E-state index contributed by atoms with van der Waals surface area (Å²) in [5.74, 6) is 1.07. The summed E-state index contributed by atoms with van der Waals surface area (Å²) in [6, 6.07) is 9.76. The van der Waals surface area contributed by atoms with Crippen LogP contribution in [0.5, 0.6) is 5.75 Å². The fourth-order valence-electron chi connectivity index (χ4n) is 5.04. The quantitative estimate of drug-likeness (QED) is 0.466. The summed E-state index contributed by atoms with van der Waals surface area (Å²) >= 11 is 13.1. The van der Waals surface area contributed by atoms with Crippen LogP contribution in [0.4, 0.5) is 0 Å². The summed E-state index contributed by atoms with van der Waals surface area (Å²) in [6.07, 6.45) is 8.46. The third kappa shape index (κ3) is 3.54. The van der Waals surface area contributed by atoms with Crippen LogP contribution in [-0.2, 0) is 13.0 Å². The summed E-state index contributed by atoms with van der Waals surface area (Å²) in [4.78, 5) is 17.3. The van der Waals surface area contributed by atoms with Crippen LogP contribution in [0.15, 0.2) is 43.0 Å². The standard InChI is InChI=1S/C24H23Cl2N3O2/c1-24(17-4-2-3-5-17)11-16-10-19(21(25)22(26)20(16)23(24)30)31-12-15-6-8-18(9-7-15)29-14-27-13-28-29/h6-10,13-14,17H,2-5,11-12H2,1H3. The van der Waals surface area contributed by atoms with Gasteiger partial charge in [-0.2, -0.15) is 5.10 Å². The van der Waals surface area contributed by atoms with Crippen LogP contribution in [-0.4, -0.2) is 20.5 Å². The molecule has 5 rings (SSSR count). The maximum atomic E-state index is 13.3. The van der Waals surface area contributed by atoms with E-state index in [4.69, 9.17) is 27.9 Å². The van der Waals surface area contributed by atoms with Crippen molar-refractivity contribution in [2.45, 2.75) is 45.6 Å². The third-order valence-corrected chi connectivity index (χ3v) is 7.68. The van der Waals surface area contributed by atoms with E-state index in [1.54, 1.807) is 11.0 Å². The van der Waals surface area contributed by atoms with Crippen molar-refractivity contribution >= 4 is 29.0 Å². The fraction of sp³-hybridized carbons (Fsp3) is 0.375. The normalized spacial score (nSPS) is 20.9. The zero-order chi connectivity index (χ0) is 21.6. The maximum Gasteiger partial charge on any atom is 0.171 e. The van der Waals surface area contributed by atoms with Crippen molar-refractivity contribution in [3.05, 3.63) is 69.7 Å². The van der Waals surface area contributed by atoms with Crippen LogP contribution in [0.1, 0.15) is 54.1 Å². The number of carbonyl (C=O) groups is 1. The van der Waals surface area contributed by atoms with Crippen LogP contribution >= 0.6 is 23.2 Å². The second-order valence-electron chi connectivity index (χ2n) is 8.74. The molecular formula is C24H23Cl2N3O2. The van der Waals surface area contributed by atoms with E-state index in [2.05, 4.69) is 17.0 Å². The molecule has 0 radical (unpaired) electrons. The molecular weight excluding hydrogens is 433 g/mol. The van der Waals surface area contributed by atoms with Crippen molar-refractivity contribution in [3.63, 3.8) is 0 Å². The lowest BCUT2D eigenvalue weighted by Gasteiger charge is -2.29. The molecule has 2 aliphatic carbocycles. The molecule has 0 bridgehead atoms. The van der Waals surface area contributed by atoms with Gasteiger partial charge in [0.1, 0.15) is 30.0 Å². The summed E-state index contributed by atoms with van der Waals surface area (Å²) < 4.78 is 7.72. The summed E-state index contributed by atoms with van der Waals surface area (Å²) in [5, 5.41) is 4.76. The molecule has 1 atom stereocenters. The number of carbonyl (C=O) groups excluding carboxylic acids is 1. The van der Waals surface area contributed by atoms with Gasteiger partial charge in [-0.05, 0) is 54.5 Å². The zero-order valence-electron chi connectivity index (χ0n) is 17.3. The average Bonchev–Trinajstić information content (AvgIpc) is 3.53. The molecule has 2 aromatic carbocycles. The molecule has 1 unspecified atom stereocenters. The number of hydrogen-bond donors (Lipinski definition) is 0. The molecule has 1 aromatic heterocycles. The summed E-state index contributed by atoms with van der Waals surface area (Å²) in [6.45, 7) is 2.44. The Morgan fingerprint density at radius 3 is 2.58 bits per heavy atom. The van der Waals surface area contributed by atoms with Gasteiger partial charge in [-0.25, -0.2) is 9.67 Å². The minimum Gasteiger partial charge on any atom is -0.487 e. The molecule has 7 heteroatoms. The number of benzene rings is 2. The largest absolute Gasteiger partial charge is 0.487 e. The van der Waals surface area contributed by atoms with E-state index in [-0.39, 0.29) is 11.2 Å². The van der Waals surface area contributed by atoms with Crippen molar-refractivity contribution < 1.29 is 9.53 Å². The number of nitrogens with zero attached hydrogens (tertiary/aromatic N) is 3. The number of ether oxygens (including phenoxy) is 1. The predicted octanol–water partition coefficient (Wildman–Crippen LogP) is 6.09. The highest BCUT2D eigenvalue weighted by atomic mass is 35.5. The highest BCUT2D eigenvalue weighted by Crippen LogP contribution is 2.52. The summed E-state index contributed by atoms with van der Waals surface area (Å²) in [7, 11) is 0. The first-order chi connectivity index (χ1) is 15.0. The zero-order valence-corrected chi connectivity index (χ0v) is 18.8. The summed E-state index contributed by atoms with van der Waals surface area (Å²) in [5.41, 5.74) is 3.06. The van der Waals surface area contributed by atoms with Crippen molar-refractivity contribution in [1.82, 2.24) is 14.8 Å². The Kier molecular flexibility index (Phi) is 5.27. The number of aromatic nitrogens is 3. The van der Waals surface area contributed by atoms with E-state index in [0.717, 1.165) is 29.7 Å². The number of ketones is 1. The lowest BCUT2D eigenvalue weighted by molar-refractivity contribution is 0.0744. The van der Waals surface area contributed by atoms with Crippen LogP contribution in [0.2, 0.25) is 10.0 Å². The fourth-order valence-corrected chi connectivity index (χ4v) is 5.55. The van der Waals surface area contributed by atoms with E-state index in [1.807, 2.05) is 30.3 Å². The van der Waals surface area contributed by atoms with Crippen LogP contribution < -0.4 is 4.74 Å². The van der Waals surface area contributed by atoms with E-state index >= 15 is 0 Å². The average molecular weight is 456 g/mol. The Morgan fingerprint density at radius 1 is 1.16 bits per heavy atom. The van der Waals surface area contributed by atoms with Crippen LogP contribution in [0.3, 0.4) is 0 Å². The molecule has 1 saturated carbocycles. The molecule has 5 nitrogen and oxygen atoms in total. The number of halogens is 2. The third-order valence-electron chi connectivity index (χ3n) is 6.83. The molecule has 0 saturated heterocycles. The highest BCUT2D eigenvalue weighted by Gasteiger charge is 2.49. The van der Waals surface area contributed by atoms with Crippen molar-refractivity contribution in [2.75, 3.05) is 0 Å². The Bertz CT molecular complexity index is 1120. The predicted molar refractivity (Wildman–Crippen MR) is 120 cm³/mol. The van der Waals surface area contributed by atoms with Gasteiger partial charge in [0.25, 0.3) is 0 Å². The van der Waals surface area contributed by atoms with Gasteiger partial charge in [-0.1, -0.05) is 55.1 Å². The molecule has 1 heterocycles. The van der Waals surface area contributed by atoms with E-state index in [9.17, 15) is 4.79 Å². The second kappa shape index (κ2) is 7.95. The molecule has 31 heavy (non-hydrogen) atoms. The Balaban J connectivity index is 1.36. The van der Waals surface area contributed by atoms with Crippen molar-refractivity contribution in [3.8, 4) is 11.4 Å². The van der Waals surface area contributed by atoms with Gasteiger partial charge in [0.15, 0.2) is 5.78 Å². The first-order valence-electron chi connectivity index (χ1n) is 10.6. The Morgan fingerprint density at radius 2 is 1.90 bits per heavy atom. The van der Waals surface area contributed by atoms with Crippen LogP contribution in [0, 0.1) is 11.3 Å². The number of fused-ring (bicyclic) bond motifs is 1. The molecule has 160 valence electrons. The molecule has 3 aromatic rings. The van der Waals surface area contributed by atoms with Gasteiger partial charge in [0.2, 0.25) is 0 Å². The molecule has 1 fully saturated rings. The van der Waals surface area contributed by atoms with Gasteiger partial charge in [0, 0.05) is 11.0 Å². The van der Waals surface area contributed by atoms with Crippen molar-refractivity contribution in [2.24, 2.45) is 11.3 Å². The first-order valence-corrected chi connectivity index (χ1v) is 11.4. The first kappa shape index (κ1) is 20.5. The maximum absolute atomic E-state index is 13.3. The van der Waals surface area contributed by atoms with Gasteiger partial charge in [-0.15, -0.1) is 0 Å². The van der Waals surface area contributed by atoms with Crippen molar-refractivity contribution in [1.29, 1.82) is 0 Å². The van der Waals surface area contributed by atoms with Crippen LogP contribution in [0.25, 0.3) is 5.69 Å². The lowest BCUT2D eigenvalue weighted by Crippen LogP contribution is -2.32. The SMILES string of the molecule is CC1(C2CCCC2)Cc2cc(OCc3ccc(-n4cncn4)cc3)c(Cl)c(Cl)c2C1=O. The monoisotopic (exact) mass is 455 g/mol. The molecule has 2 aliphatic rings. The van der Waals surface area contributed by atoms with E-state index < -0.39 is 0 Å². The lowest BCUT2D eigenvalue weighted by atomic mass is 9.73. The second-order valence-corrected chi connectivity index (χ2v) is 9.49.